The highest BCUT2D eigenvalue weighted by molar-refractivity contribution is 5.46. The second-order valence-electron chi connectivity index (χ2n) is 4.70. The maximum Gasteiger partial charge on any atom is 0.155 e. The molecule has 0 radical (unpaired) electrons. The number of allylic oxidation sites excluding steroid dienone is 2. The maximum atomic E-state index is 4.29. The van der Waals surface area contributed by atoms with Crippen molar-refractivity contribution in [2.75, 3.05) is 0 Å². The molecular formula is C13H19N3. The molecule has 0 aliphatic carbocycles. The third kappa shape index (κ3) is 2.69. The summed E-state index contributed by atoms with van der Waals surface area (Å²) >= 11 is 0. The van der Waals surface area contributed by atoms with E-state index in [1.54, 1.807) is 10.8 Å². The second kappa shape index (κ2) is 4.47. The van der Waals surface area contributed by atoms with E-state index in [1.165, 1.54) is 0 Å². The van der Waals surface area contributed by atoms with E-state index in [2.05, 4.69) is 44.0 Å². The molecule has 86 valence electrons. The standard InChI is InChI=1S/C13H19N3/c1-7-11(13(4,5)6)9-16-12(8-2)14-10(3)15-16/h7-9H,1-2H2,3-6H3/b11-9+. The molecule has 16 heavy (non-hydrogen) atoms. The number of rotatable bonds is 3. The van der Waals surface area contributed by atoms with Crippen LogP contribution in [0.1, 0.15) is 32.4 Å². The number of hydrogen-bond donors (Lipinski definition) is 0. The lowest BCUT2D eigenvalue weighted by atomic mass is 9.87. The third-order valence-electron chi connectivity index (χ3n) is 2.29. The molecule has 1 rings (SSSR count). The van der Waals surface area contributed by atoms with Crippen molar-refractivity contribution in [3.8, 4) is 0 Å². The molecule has 0 unspecified atom stereocenters. The molecule has 1 aromatic rings. The van der Waals surface area contributed by atoms with Crippen molar-refractivity contribution >= 4 is 12.3 Å². The molecule has 3 heteroatoms. The Morgan fingerprint density at radius 3 is 2.38 bits per heavy atom. The summed E-state index contributed by atoms with van der Waals surface area (Å²) in [5, 5.41) is 4.29. The normalized spacial score (nSPS) is 12.6. The molecule has 0 aromatic carbocycles. The van der Waals surface area contributed by atoms with E-state index in [0.29, 0.717) is 0 Å². The highest BCUT2D eigenvalue weighted by Crippen LogP contribution is 2.26. The van der Waals surface area contributed by atoms with Gasteiger partial charge in [0.1, 0.15) is 5.82 Å². The molecule has 0 bridgehead atoms. The first-order valence-electron chi connectivity index (χ1n) is 5.29. The van der Waals surface area contributed by atoms with Crippen LogP contribution in [0.15, 0.2) is 24.8 Å². The monoisotopic (exact) mass is 217 g/mol. The van der Waals surface area contributed by atoms with Gasteiger partial charge in [0, 0.05) is 6.20 Å². The summed E-state index contributed by atoms with van der Waals surface area (Å²) in [4.78, 5) is 4.25. The fourth-order valence-electron chi connectivity index (χ4n) is 1.36. The van der Waals surface area contributed by atoms with Crippen LogP contribution in [0.25, 0.3) is 12.3 Å². The Hall–Kier alpha value is -1.64. The van der Waals surface area contributed by atoms with Crippen LogP contribution < -0.4 is 0 Å². The van der Waals surface area contributed by atoms with Gasteiger partial charge in [0.15, 0.2) is 5.82 Å². The summed E-state index contributed by atoms with van der Waals surface area (Å²) in [5.74, 6) is 1.49. The Balaban J connectivity index is 3.23. The van der Waals surface area contributed by atoms with Crippen molar-refractivity contribution in [3.05, 3.63) is 36.5 Å². The van der Waals surface area contributed by atoms with Crippen LogP contribution >= 0.6 is 0 Å². The molecule has 0 spiro atoms. The van der Waals surface area contributed by atoms with Crippen molar-refractivity contribution in [2.24, 2.45) is 5.41 Å². The van der Waals surface area contributed by atoms with E-state index < -0.39 is 0 Å². The quantitative estimate of drug-likeness (QED) is 0.727. The summed E-state index contributed by atoms with van der Waals surface area (Å²) in [5.41, 5.74) is 1.15. The third-order valence-corrected chi connectivity index (χ3v) is 2.29. The molecule has 0 aliphatic rings. The summed E-state index contributed by atoms with van der Waals surface area (Å²) in [6, 6.07) is 0. The SMILES string of the molecule is C=C/C(=C\n1nc(C)nc1C=C)C(C)(C)C. The molecule has 1 aromatic heterocycles. The zero-order valence-corrected chi connectivity index (χ0v) is 10.5. The summed E-state index contributed by atoms with van der Waals surface area (Å²) in [6.07, 6.45) is 5.49. The minimum Gasteiger partial charge on any atom is -0.221 e. The lowest BCUT2D eigenvalue weighted by Gasteiger charge is -2.19. The van der Waals surface area contributed by atoms with Gasteiger partial charge in [0.2, 0.25) is 0 Å². The number of nitrogens with zero attached hydrogens (tertiary/aromatic N) is 3. The van der Waals surface area contributed by atoms with Crippen LogP contribution in [0.3, 0.4) is 0 Å². The molecule has 0 fully saturated rings. The van der Waals surface area contributed by atoms with Gasteiger partial charge >= 0.3 is 0 Å². The van der Waals surface area contributed by atoms with Crippen LogP contribution in [0.2, 0.25) is 0 Å². The molecule has 0 aliphatic heterocycles. The zero-order valence-electron chi connectivity index (χ0n) is 10.5. The highest BCUT2D eigenvalue weighted by Gasteiger charge is 2.15. The van der Waals surface area contributed by atoms with E-state index in [1.807, 2.05) is 19.2 Å². The summed E-state index contributed by atoms with van der Waals surface area (Å²) in [7, 11) is 0. The predicted molar refractivity (Wildman–Crippen MR) is 68.8 cm³/mol. The van der Waals surface area contributed by atoms with E-state index in [9.17, 15) is 0 Å². The molecule has 0 atom stereocenters. The van der Waals surface area contributed by atoms with Crippen molar-refractivity contribution < 1.29 is 0 Å². The average molecular weight is 217 g/mol. The Kier molecular flexibility index (Phi) is 3.48. The smallest absolute Gasteiger partial charge is 0.155 e. The Bertz CT molecular complexity index is 431. The van der Waals surface area contributed by atoms with Gasteiger partial charge in [-0.15, -0.1) is 0 Å². The molecule has 0 saturated heterocycles. The van der Waals surface area contributed by atoms with Crippen molar-refractivity contribution in [1.29, 1.82) is 0 Å². The first-order valence-corrected chi connectivity index (χ1v) is 5.29. The van der Waals surface area contributed by atoms with Gasteiger partial charge < -0.3 is 0 Å². The van der Waals surface area contributed by atoms with Gasteiger partial charge in [-0.3, -0.25) is 0 Å². The minimum atomic E-state index is 0.0417. The average Bonchev–Trinajstić information content (AvgIpc) is 2.53. The van der Waals surface area contributed by atoms with E-state index >= 15 is 0 Å². The second-order valence-corrected chi connectivity index (χ2v) is 4.70. The Morgan fingerprint density at radius 1 is 1.31 bits per heavy atom. The van der Waals surface area contributed by atoms with Gasteiger partial charge in [0.05, 0.1) is 0 Å². The largest absolute Gasteiger partial charge is 0.221 e. The van der Waals surface area contributed by atoms with Crippen LogP contribution in [0.5, 0.6) is 0 Å². The summed E-state index contributed by atoms with van der Waals surface area (Å²) < 4.78 is 1.74. The lowest BCUT2D eigenvalue weighted by Crippen LogP contribution is -2.09. The minimum absolute atomic E-state index is 0.0417. The van der Waals surface area contributed by atoms with Gasteiger partial charge in [-0.05, 0) is 24.0 Å². The Morgan fingerprint density at radius 2 is 1.94 bits per heavy atom. The number of aryl methyl sites for hydroxylation is 1. The molecule has 0 saturated carbocycles. The summed E-state index contributed by atoms with van der Waals surface area (Å²) in [6.45, 7) is 15.8. The molecule has 1 heterocycles. The van der Waals surface area contributed by atoms with Crippen molar-refractivity contribution in [1.82, 2.24) is 14.8 Å². The van der Waals surface area contributed by atoms with E-state index in [0.717, 1.165) is 17.2 Å². The fraction of sp³-hybridized carbons (Fsp3) is 0.385. The van der Waals surface area contributed by atoms with Gasteiger partial charge in [-0.25, -0.2) is 9.67 Å². The van der Waals surface area contributed by atoms with Gasteiger partial charge in [0.25, 0.3) is 0 Å². The molecular weight excluding hydrogens is 198 g/mol. The lowest BCUT2D eigenvalue weighted by molar-refractivity contribution is 0.518. The van der Waals surface area contributed by atoms with E-state index in [-0.39, 0.29) is 5.41 Å². The molecule has 3 nitrogen and oxygen atoms in total. The highest BCUT2D eigenvalue weighted by atomic mass is 15.3. The molecule has 0 N–H and O–H groups in total. The molecule has 0 amide bonds. The number of aromatic nitrogens is 3. The topological polar surface area (TPSA) is 30.7 Å². The van der Waals surface area contributed by atoms with Crippen LogP contribution in [-0.4, -0.2) is 14.8 Å². The maximum absolute atomic E-state index is 4.29. The first kappa shape index (κ1) is 12.4. The predicted octanol–water partition coefficient (Wildman–Crippen LogP) is 3.30. The van der Waals surface area contributed by atoms with Crippen LogP contribution in [-0.2, 0) is 0 Å². The van der Waals surface area contributed by atoms with Crippen LogP contribution in [0.4, 0.5) is 0 Å². The van der Waals surface area contributed by atoms with Crippen molar-refractivity contribution in [3.63, 3.8) is 0 Å². The first-order chi connectivity index (χ1) is 7.38. The zero-order chi connectivity index (χ0) is 12.3. The van der Waals surface area contributed by atoms with Crippen molar-refractivity contribution in [2.45, 2.75) is 27.7 Å². The van der Waals surface area contributed by atoms with E-state index in [4.69, 9.17) is 0 Å². The Labute approximate surface area is 97.2 Å². The van der Waals surface area contributed by atoms with Gasteiger partial charge in [-0.2, -0.15) is 5.10 Å². The van der Waals surface area contributed by atoms with Crippen LogP contribution in [0, 0.1) is 12.3 Å². The van der Waals surface area contributed by atoms with Gasteiger partial charge in [-0.1, -0.05) is 40.0 Å². The fourth-order valence-corrected chi connectivity index (χ4v) is 1.36. The number of hydrogen-bond acceptors (Lipinski definition) is 2.